The monoisotopic (exact) mass is 354 g/mol. The van der Waals surface area contributed by atoms with Crippen molar-refractivity contribution >= 4 is 23.2 Å². The van der Waals surface area contributed by atoms with Gasteiger partial charge in [-0.05, 0) is 62.2 Å². The zero-order valence-electron chi connectivity index (χ0n) is 15.5. The lowest BCUT2D eigenvalue weighted by atomic mass is 10.1. The summed E-state index contributed by atoms with van der Waals surface area (Å²) in [5.41, 5.74) is 8.54. The molecule has 2 rings (SSSR count). The van der Waals surface area contributed by atoms with E-state index >= 15 is 0 Å². The van der Waals surface area contributed by atoms with Crippen LogP contribution in [0.5, 0.6) is 5.75 Å². The van der Waals surface area contributed by atoms with Gasteiger partial charge in [0, 0.05) is 11.4 Å². The molecule has 0 bridgehead atoms. The van der Waals surface area contributed by atoms with E-state index in [2.05, 4.69) is 22.5 Å². The van der Waals surface area contributed by atoms with Crippen molar-refractivity contribution in [3.63, 3.8) is 0 Å². The summed E-state index contributed by atoms with van der Waals surface area (Å²) in [6.07, 6.45) is 1.04. The number of hydrogen-bond acceptors (Lipinski definition) is 3. The van der Waals surface area contributed by atoms with Crippen LogP contribution in [0.3, 0.4) is 0 Å². The third kappa shape index (κ3) is 6.47. The fraction of sp³-hybridized carbons (Fsp3) is 0.300. The molecular formula is C20H26N4O2. The van der Waals surface area contributed by atoms with Crippen LogP contribution in [0.4, 0.5) is 11.4 Å². The van der Waals surface area contributed by atoms with Gasteiger partial charge in [0.05, 0.1) is 6.10 Å². The number of anilines is 2. The molecule has 6 nitrogen and oxygen atoms in total. The van der Waals surface area contributed by atoms with Gasteiger partial charge in [0.2, 0.25) is 5.91 Å². The van der Waals surface area contributed by atoms with E-state index in [1.54, 1.807) is 0 Å². The minimum Gasteiger partial charge on any atom is -0.491 e. The summed E-state index contributed by atoms with van der Waals surface area (Å²) >= 11 is 0. The number of carbonyl (C=O) groups is 1. The average Bonchev–Trinajstić information content (AvgIpc) is 2.61. The molecule has 6 heteroatoms. The Morgan fingerprint density at radius 1 is 1.12 bits per heavy atom. The second-order valence-corrected chi connectivity index (χ2v) is 6.12. The predicted molar refractivity (Wildman–Crippen MR) is 107 cm³/mol. The largest absolute Gasteiger partial charge is 0.491 e. The molecule has 138 valence electrons. The van der Waals surface area contributed by atoms with Crippen LogP contribution in [0, 0.1) is 0 Å². The van der Waals surface area contributed by atoms with Crippen molar-refractivity contribution in [2.45, 2.75) is 33.3 Å². The number of guanidine groups is 1. The van der Waals surface area contributed by atoms with Gasteiger partial charge in [0.25, 0.3) is 0 Å². The van der Waals surface area contributed by atoms with Gasteiger partial charge >= 0.3 is 0 Å². The zero-order chi connectivity index (χ0) is 18.9. The van der Waals surface area contributed by atoms with Crippen molar-refractivity contribution in [1.29, 1.82) is 0 Å². The fourth-order valence-corrected chi connectivity index (χ4v) is 2.30. The Morgan fingerprint density at radius 2 is 1.85 bits per heavy atom. The first-order valence-corrected chi connectivity index (χ1v) is 8.68. The highest BCUT2D eigenvalue weighted by atomic mass is 16.5. The molecule has 1 amide bonds. The number of ether oxygens (including phenoxy) is 1. The molecule has 0 unspecified atom stereocenters. The van der Waals surface area contributed by atoms with E-state index in [1.807, 2.05) is 62.4 Å². The molecule has 0 aliphatic heterocycles. The summed E-state index contributed by atoms with van der Waals surface area (Å²) < 4.78 is 5.58. The number of rotatable bonds is 7. The van der Waals surface area contributed by atoms with E-state index in [4.69, 9.17) is 10.5 Å². The van der Waals surface area contributed by atoms with E-state index in [1.165, 1.54) is 0 Å². The predicted octanol–water partition coefficient (Wildman–Crippen LogP) is 3.40. The van der Waals surface area contributed by atoms with E-state index < -0.39 is 0 Å². The molecule has 0 heterocycles. The van der Waals surface area contributed by atoms with Gasteiger partial charge in [-0.25, -0.2) is 4.99 Å². The summed E-state index contributed by atoms with van der Waals surface area (Å²) in [6, 6.07) is 15.1. The molecule has 0 radical (unpaired) electrons. The summed E-state index contributed by atoms with van der Waals surface area (Å²) in [5, 5.41) is 5.77. The minimum absolute atomic E-state index is 0.0519. The Balaban J connectivity index is 1.85. The fourth-order valence-electron chi connectivity index (χ4n) is 2.30. The van der Waals surface area contributed by atoms with Crippen molar-refractivity contribution in [1.82, 2.24) is 0 Å². The number of nitrogens with zero attached hydrogens (tertiary/aromatic N) is 1. The van der Waals surface area contributed by atoms with Crippen LogP contribution in [-0.2, 0) is 11.2 Å². The van der Waals surface area contributed by atoms with Crippen molar-refractivity contribution in [3.8, 4) is 5.75 Å². The van der Waals surface area contributed by atoms with Crippen LogP contribution in [0.2, 0.25) is 0 Å². The number of hydrogen-bond donors (Lipinski definition) is 3. The van der Waals surface area contributed by atoms with Crippen LogP contribution in [0.15, 0.2) is 53.5 Å². The number of aliphatic imine (C=N–C) groups is 1. The van der Waals surface area contributed by atoms with Crippen LogP contribution in [0.25, 0.3) is 0 Å². The molecule has 0 saturated carbocycles. The molecule has 0 aliphatic rings. The van der Waals surface area contributed by atoms with Crippen LogP contribution in [0.1, 0.15) is 26.3 Å². The average molecular weight is 354 g/mol. The van der Waals surface area contributed by atoms with Crippen molar-refractivity contribution in [2.24, 2.45) is 10.7 Å². The van der Waals surface area contributed by atoms with Crippen molar-refractivity contribution in [2.75, 3.05) is 17.2 Å². The van der Waals surface area contributed by atoms with Gasteiger partial charge < -0.3 is 21.1 Å². The molecule has 0 fully saturated rings. The summed E-state index contributed by atoms with van der Waals surface area (Å²) in [4.78, 5) is 16.1. The maximum absolute atomic E-state index is 12.0. The number of carbonyl (C=O) groups excluding carboxylic acids is 1. The Labute approximate surface area is 154 Å². The highest BCUT2D eigenvalue weighted by Crippen LogP contribution is 2.16. The molecule has 26 heavy (non-hydrogen) atoms. The van der Waals surface area contributed by atoms with Crippen LogP contribution < -0.4 is 21.1 Å². The normalized spacial score (nSPS) is 11.3. The highest BCUT2D eigenvalue weighted by Gasteiger charge is 2.03. The number of amides is 1. The third-order valence-corrected chi connectivity index (χ3v) is 3.51. The molecule has 4 N–H and O–H groups in total. The SMILES string of the molecule is CCc1cccc(NC(=O)CN=C(N)Nc2ccc(OC(C)C)cc2)c1. The molecule has 2 aromatic carbocycles. The maximum Gasteiger partial charge on any atom is 0.246 e. The minimum atomic E-state index is -0.219. The number of benzene rings is 2. The molecule has 0 spiro atoms. The molecular weight excluding hydrogens is 328 g/mol. The van der Waals surface area contributed by atoms with E-state index in [-0.39, 0.29) is 24.5 Å². The Kier molecular flexibility index (Phi) is 7.02. The van der Waals surface area contributed by atoms with Gasteiger partial charge in [0.15, 0.2) is 5.96 Å². The summed E-state index contributed by atoms with van der Waals surface area (Å²) in [7, 11) is 0. The van der Waals surface area contributed by atoms with Crippen molar-refractivity contribution < 1.29 is 9.53 Å². The lowest BCUT2D eigenvalue weighted by Gasteiger charge is -2.11. The lowest BCUT2D eigenvalue weighted by Crippen LogP contribution is -2.25. The molecule has 0 atom stereocenters. The first-order valence-electron chi connectivity index (χ1n) is 8.68. The maximum atomic E-state index is 12.0. The van der Waals surface area contributed by atoms with Crippen molar-refractivity contribution in [3.05, 3.63) is 54.1 Å². The molecule has 0 aliphatic carbocycles. The van der Waals surface area contributed by atoms with E-state index in [0.717, 1.165) is 29.1 Å². The lowest BCUT2D eigenvalue weighted by molar-refractivity contribution is -0.114. The smallest absolute Gasteiger partial charge is 0.246 e. The molecule has 0 saturated heterocycles. The van der Waals surface area contributed by atoms with Crippen LogP contribution in [-0.4, -0.2) is 24.5 Å². The van der Waals surface area contributed by atoms with Gasteiger partial charge in [-0.15, -0.1) is 0 Å². The van der Waals surface area contributed by atoms with Gasteiger partial charge in [-0.1, -0.05) is 19.1 Å². The number of nitrogens with one attached hydrogen (secondary N) is 2. The van der Waals surface area contributed by atoms with Crippen LogP contribution >= 0.6 is 0 Å². The first-order chi connectivity index (χ1) is 12.5. The Morgan fingerprint density at radius 3 is 2.50 bits per heavy atom. The number of nitrogens with two attached hydrogens (primary N) is 1. The molecule has 2 aromatic rings. The second kappa shape index (κ2) is 9.46. The topological polar surface area (TPSA) is 88.7 Å². The van der Waals surface area contributed by atoms with Gasteiger partial charge in [-0.2, -0.15) is 0 Å². The quantitative estimate of drug-likeness (QED) is 0.525. The third-order valence-electron chi connectivity index (χ3n) is 3.51. The Bertz CT molecular complexity index is 755. The standard InChI is InChI=1S/C20H26N4O2/c1-4-15-6-5-7-17(12-15)23-19(25)13-22-20(21)24-16-8-10-18(11-9-16)26-14(2)3/h5-12,14H,4,13H2,1-3H3,(H,23,25)(H3,21,22,24). The zero-order valence-corrected chi connectivity index (χ0v) is 15.5. The van der Waals surface area contributed by atoms with Gasteiger partial charge in [0.1, 0.15) is 12.3 Å². The Hall–Kier alpha value is -3.02. The number of aryl methyl sites for hydroxylation is 1. The second-order valence-electron chi connectivity index (χ2n) is 6.12. The summed E-state index contributed by atoms with van der Waals surface area (Å²) in [5.74, 6) is 0.749. The molecule has 0 aromatic heterocycles. The first kappa shape index (κ1) is 19.3. The van der Waals surface area contributed by atoms with Gasteiger partial charge in [-0.3, -0.25) is 4.79 Å². The van der Waals surface area contributed by atoms with E-state index in [9.17, 15) is 4.79 Å². The highest BCUT2D eigenvalue weighted by molar-refractivity contribution is 5.97. The summed E-state index contributed by atoms with van der Waals surface area (Å²) in [6.45, 7) is 5.96. The van der Waals surface area contributed by atoms with E-state index in [0.29, 0.717) is 0 Å².